The van der Waals surface area contributed by atoms with Gasteiger partial charge >= 0.3 is 5.97 Å². The molecule has 0 aromatic heterocycles. The van der Waals surface area contributed by atoms with E-state index >= 15 is 0 Å². The Balaban J connectivity index is 2.61. The zero-order valence-electron chi connectivity index (χ0n) is 15.6. The molecule has 0 saturated carbocycles. The molecule has 3 N–H and O–H groups in total. The lowest BCUT2D eigenvalue weighted by atomic mass is 9.96. The Morgan fingerprint density at radius 1 is 1.38 bits per heavy atom. The first-order valence-corrected chi connectivity index (χ1v) is 8.92. The number of allylic oxidation sites excluding steroid dienone is 2. The number of hydrogen-bond donors (Lipinski definition) is 3. The number of aliphatic hydroxyl groups excluding tert-OH is 1. The monoisotopic (exact) mass is 370 g/mol. The van der Waals surface area contributed by atoms with E-state index in [1.807, 2.05) is 12.2 Å². The van der Waals surface area contributed by atoms with E-state index in [-0.39, 0.29) is 44.0 Å². The third-order valence-electron chi connectivity index (χ3n) is 3.76. The van der Waals surface area contributed by atoms with E-state index in [0.717, 1.165) is 0 Å². The van der Waals surface area contributed by atoms with Crippen molar-refractivity contribution in [3.63, 3.8) is 0 Å². The summed E-state index contributed by atoms with van der Waals surface area (Å²) in [4.78, 5) is 36.2. The molecule has 8 nitrogen and oxygen atoms in total. The van der Waals surface area contributed by atoms with Crippen LogP contribution in [0.2, 0.25) is 0 Å². The van der Waals surface area contributed by atoms with Gasteiger partial charge in [0.1, 0.15) is 6.61 Å². The highest BCUT2D eigenvalue weighted by molar-refractivity contribution is 5.86. The van der Waals surface area contributed by atoms with Gasteiger partial charge in [0, 0.05) is 19.4 Å². The molecule has 0 saturated heterocycles. The first kappa shape index (κ1) is 22.1. The molecular weight excluding hydrogens is 340 g/mol. The maximum atomic E-state index is 12.6. The molecule has 1 heterocycles. The van der Waals surface area contributed by atoms with Gasteiger partial charge in [-0.2, -0.15) is 0 Å². The fraction of sp³-hybridized carbons (Fsp3) is 0.722. The SMILES string of the molecule is CC1(C)COC(=O)CCC=CC[C@H](CC(=O)NCCOCCO)C(=O)N1. The van der Waals surface area contributed by atoms with Crippen LogP contribution in [0, 0.1) is 5.92 Å². The second-order valence-corrected chi connectivity index (χ2v) is 6.87. The zero-order valence-corrected chi connectivity index (χ0v) is 15.6. The maximum absolute atomic E-state index is 12.6. The van der Waals surface area contributed by atoms with Gasteiger partial charge in [0.25, 0.3) is 0 Å². The molecule has 1 atom stereocenters. The first-order chi connectivity index (χ1) is 12.3. The molecule has 1 rings (SSSR count). The van der Waals surface area contributed by atoms with Crippen molar-refractivity contribution in [3.8, 4) is 0 Å². The van der Waals surface area contributed by atoms with Crippen LogP contribution in [0.1, 0.15) is 39.5 Å². The standard InChI is InChI=1S/C18H30N2O6/c1-18(2)13-26-16(23)7-5-3-4-6-14(17(24)20-18)12-15(22)19-8-10-25-11-9-21/h3-4,14,21H,5-13H2,1-2H3,(H,19,22)(H,20,24)/t14-/m1/s1. The van der Waals surface area contributed by atoms with E-state index in [4.69, 9.17) is 14.6 Å². The van der Waals surface area contributed by atoms with Crippen molar-refractivity contribution in [1.82, 2.24) is 10.6 Å². The molecule has 2 amide bonds. The van der Waals surface area contributed by atoms with Crippen molar-refractivity contribution in [1.29, 1.82) is 0 Å². The Kier molecular flexibility index (Phi) is 9.90. The van der Waals surface area contributed by atoms with Gasteiger partial charge < -0.3 is 25.2 Å². The number of carbonyl (C=O) groups is 3. The van der Waals surface area contributed by atoms with Gasteiger partial charge in [-0.3, -0.25) is 14.4 Å². The Bertz CT molecular complexity index is 504. The number of esters is 1. The number of aliphatic hydroxyl groups is 1. The molecule has 0 aromatic carbocycles. The van der Waals surface area contributed by atoms with Crippen molar-refractivity contribution in [2.24, 2.45) is 5.92 Å². The van der Waals surface area contributed by atoms with Gasteiger partial charge in [0.2, 0.25) is 11.8 Å². The molecule has 0 unspecified atom stereocenters. The lowest BCUT2D eigenvalue weighted by Gasteiger charge is -2.28. The Hall–Kier alpha value is -1.93. The minimum absolute atomic E-state index is 0.0615. The molecule has 0 radical (unpaired) electrons. The van der Waals surface area contributed by atoms with E-state index in [1.165, 1.54) is 0 Å². The normalized spacial score (nSPS) is 21.1. The summed E-state index contributed by atoms with van der Waals surface area (Å²) < 4.78 is 10.3. The lowest BCUT2D eigenvalue weighted by molar-refractivity contribution is -0.146. The number of cyclic esters (lactones) is 1. The summed E-state index contributed by atoms with van der Waals surface area (Å²) in [5.74, 6) is -1.28. The fourth-order valence-electron chi connectivity index (χ4n) is 2.39. The van der Waals surface area contributed by atoms with Crippen molar-refractivity contribution in [2.75, 3.05) is 33.0 Å². The molecular formula is C18H30N2O6. The minimum Gasteiger partial charge on any atom is -0.463 e. The van der Waals surface area contributed by atoms with Crippen LogP contribution in [0.15, 0.2) is 12.2 Å². The van der Waals surface area contributed by atoms with Crippen LogP contribution in [0.4, 0.5) is 0 Å². The minimum atomic E-state index is -0.706. The highest BCUT2D eigenvalue weighted by Crippen LogP contribution is 2.15. The number of rotatable bonds is 7. The predicted molar refractivity (Wildman–Crippen MR) is 95.2 cm³/mol. The highest BCUT2D eigenvalue weighted by Gasteiger charge is 2.28. The second kappa shape index (κ2) is 11.6. The van der Waals surface area contributed by atoms with E-state index < -0.39 is 11.5 Å². The molecule has 0 spiro atoms. The van der Waals surface area contributed by atoms with Gasteiger partial charge in [-0.1, -0.05) is 12.2 Å². The van der Waals surface area contributed by atoms with Crippen LogP contribution in [0.3, 0.4) is 0 Å². The van der Waals surface area contributed by atoms with Crippen LogP contribution in [0.25, 0.3) is 0 Å². The molecule has 26 heavy (non-hydrogen) atoms. The summed E-state index contributed by atoms with van der Waals surface area (Å²) in [6.07, 6.45) is 4.97. The summed E-state index contributed by atoms with van der Waals surface area (Å²) in [6.45, 7) is 4.43. The number of hydrogen-bond acceptors (Lipinski definition) is 6. The van der Waals surface area contributed by atoms with Gasteiger partial charge in [-0.05, 0) is 26.7 Å². The molecule has 0 aromatic rings. The maximum Gasteiger partial charge on any atom is 0.306 e. The second-order valence-electron chi connectivity index (χ2n) is 6.87. The van der Waals surface area contributed by atoms with Crippen LogP contribution in [-0.2, 0) is 23.9 Å². The number of amides is 2. The largest absolute Gasteiger partial charge is 0.463 e. The van der Waals surface area contributed by atoms with Gasteiger partial charge in [-0.25, -0.2) is 0 Å². The average molecular weight is 370 g/mol. The van der Waals surface area contributed by atoms with Crippen LogP contribution in [-0.4, -0.2) is 61.4 Å². The van der Waals surface area contributed by atoms with Gasteiger partial charge in [0.15, 0.2) is 0 Å². The molecule has 0 bridgehead atoms. The van der Waals surface area contributed by atoms with Crippen molar-refractivity contribution < 1.29 is 29.0 Å². The third kappa shape index (κ3) is 9.53. The first-order valence-electron chi connectivity index (χ1n) is 8.92. The molecule has 1 aliphatic rings. The molecule has 1 aliphatic heterocycles. The average Bonchev–Trinajstić information content (AvgIpc) is 2.57. The zero-order chi connectivity index (χ0) is 19.4. The van der Waals surface area contributed by atoms with E-state index in [9.17, 15) is 14.4 Å². The van der Waals surface area contributed by atoms with Crippen LogP contribution >= 0.6 is 0 Å². The Labute approximate surface area is 154 Å². The predicted octanol–water partition coefficient (Wildman–Crippen LogP) is 0.296. The van der Waals surface area contributed by atoms with E-state index in [2.05, 4.69) is 10.6 Å². The number of nitrogens with one attached hydrogen (secondary N) is 2. The van der Waals surface area contributed by atoms with E-state index in [0.29, 0.717) is 32.4 Å². The third-order valence-corrected chi connectivity index (χ3v) is 3.76. The summed E-state index contributed by atoms with van der Waals surface area (Å²) in [7, 11) is 0. The van der Waals surface area contributed by atoms with Crippen molar-refractivity contribution in [2.45, 2.75) is 45.1 Å². The summed E-state index contributed by atoms with van der Waals surface area (Å²) in [5, 5.41) is 14.2. The van der Waals surface area contributed by atoms with Crippen LogP contribution in [0.5, 0.6) is 0 Å². The van der Waals surface area contributed by atoms with Crippen molar-refractivity contribution in [3.05, 3.63) is 12.2 Å². The molecule has 0 aliphatic carbocycles. The van der Waals surface area contributed by atoms with Crippen LogP contribution < -0.4 is 10.6 Å². The van der Waals surface area contributed by atoms with Crippen molar-refractivity contribution >= 4 is 17.8 Å². The van der Waals surface area contributed by atoms with Gasteiger partial charge in [-0.15, -0.1) is 0 Å². The van der Waals surface area contributed by atoms with E-state index in [1.54, 1.807) is 13.8 Å². The van der Waals surface area contributed by atoms with Gasteiger partial charge in [0.05, 0.1) is 31.3 Å². The smallest absolute Gasteiger partial charge is 0.306 e. The molecule has 148 valence electrons. The Morgan fingerprint density at radius 3 is 2.88 bits per heavy atom. The number of ether oxygens (including phenoxy) is 2. The quantitative estimate of drug-likeness (QED) is 0.337. The summed E-state index contributed by atoms with van der Waals surface area (Å²) in [6, 6.07) is 0. The highest BCUT2D eigenvalue weighted by atomic mass is 16.5. The number of carbonyl (C=O) groups excluding carboxylic acids is 3. The summed E-state index contributed by atoms with van der Waals surface area (Å²) in [5.41, 5.74) is -0.706. The lowest BCUT2D eigenvalue weighted by Crippen LogP contribution is -2.50. The molecule has 8 heteroatoms. The fourth-order valence-corrected chi connectivity index (χ4v) is 2.39. The topological polar surface area (TPSA) is 114 Å². The Morgan fingerprint density at radius 2 is 2.15 bits per heavy atom. The summed E-state index contributed by atoms with van der Waals surface area (Å²) >= 11 is 0. The molecule has 0 fully saturated rings.